The zero-order chi connectivity index (χ0) is 14.8. The van der Waals surface area contributed by atoms with E-state index in [1.807, 2.05) is 24.3 Å². The van der Waals surface area contributed by atoms with Crippen LogP contribution in [0.5, 0.6) is 5.75 Å². The number of carbonyl (C=O) groups excluding carboxylic acids is 1. The van der Waals surface area contributed by atoms with Gasteiger partial charge in [0.25, 0.3) is 5.91 Å². The highest BCUT2D eigenvalue weighted by atomic mass is 16.5. The van der Waals surface area contributed by atoms with Crippen LogP contribution in [0.4, 0.5) is 0 Å². The quantitative estimate of drug-likeness (QED) is 0.875. The summed E-state index contributed by atoms with van der Waals surface area (Å²) in [6, 6.07) is 10.9. The molecule has 2 N–H and O–H groups in total. The van der Waals surface area contributed by atoms with Crippen molar-refractivity contribution in [3.63, 3.8) is 0 Å². The monoisotopic (exact) mass is 287 g/mol. The molecule has 0 spiro atoms. The first-order chi connectivity index (χ1) is 10.2. The number of aliphatic hydroxyl groups excluding tert-OH is 1. The van der Waals surface area contributed by atoms with E-state index in [0.717, 1.165) is 10.8 Å². The van der Waals surface area contributed by atoms with Crippen molar-refractivity contribution in [1.29, 1.82) is 0 Å². The molecule has 5 nitrogen and oxygen atoms in total. The van der Waals surface area contributed by atoms with Gasteiger partial charge in [-0.3, -0.25) is 4.79 Å². The number of hydrogen-bond donors (Lipinski definition) is 2. The number of phenols is 1. The molecule has 1 atom stereocenters. The molecule has 5 heteroatoms. The Kier molecular flexibility index (Phi) is 3.77. The second-order valence-electron chi connectivity index (χ2n) is 5.14. The Bertz CT molecular complexity index is 670. The van der Waals surface area contributed by atoms with Gasteiger partial charge in [0.05, 0.1) is 24.9 Å². The van der Waals surface area contributed by atoms with Crippen molar-refractivity contribution in [3.05, 3.63) is 42.0 Å². The highest BCUT2D eigenvalue weighted by molar-refractivity contribution is 6.01. The fraction of sp³-hybridized carbons (Fsp3) is 0.312. The molecule has 110 valence electrons. The van der Waals surface area contributed by atoms with Gasteiger partial charge in [-0.2, -0.15) is 0 Å². The van der Waals surface area contributed by atoms with E-state index in [0.29, 0.717) is 19.7 Å². The van der Waals surface area contributed by atoms with Gasteiger partial charge in [0.1, 0.15) is 5.75 Å². The first-order valence-electron chi connectivity index (χ1n) is 6.92. The summed E-state index contributed by atoms with van der Waals surface area (Å²) in [6.07, 6.45) is -0.356. The van der Waals surface area contributed by atoms with E-state index < -0.39 is 0 Å². The van der Waals surface area contributed by atoms with E-state index in [4.69, 9.17) is 9.84 Å². The molecule has 0 radical (unpaired) electrons. The summed E-state index contributed by atoms with van der Waals surface area (Å²) in [4.78, 5) is 14.2. The number of carbonyl (C=O) groups is 1. The summed E-state index contributed by atoms with van der Waals surface area (Å²) in [5, 5.41) is 21.0. The van der Waals surface area contributed by atoms with Crippen LogP contribution < -0.4 is 0 Å². The van der Waals surface area contributed by atoms with Crippen LogP contribution in [-0.2, 0) is 4.74 Å². The highest BCUT2D eigenvalue weighted by Gasteiger charge is 2.26. The maximum atomic E-state index is 12.6. The predicted octanol–water partition coefficient (Wildman–Crippen LogP) is 1.38. The van der Waals surface area contributed by atoms with E-state index in [-0.39, 0.29) is 29.9 Å². The van der Waals surface area contributed by atoms with E-state index in [9.17, 15) is 9.90 Å². The van der Waals surface area contributed by atoms with Crippen LogP contribution in [0.15, 0.2) is 36.4 Å². The Balaban J connectivity index is 1.92. The summed E-state index contributed by atoms with van der Waals surface area (Å²) in [5.74, 6) is -0.259. The van der Waals surface area contributed by atoms with Crippen molar-refractivity contribution >= 4 is 16.7 Å². The topological polar surface area (TPSA) is 70.0 Å². The summed E-state index contributed by atoms with van der Waals surface area (Å²) in [7, 11) is 0. The third kappa shape index (κ3) is 2.70. The first-order valence-corrected chi connectivity index (χ1v) is 6.92. The molecule has 1 unspecified atom stereocenters. The standard InChI is InChI=1S/C16H17NO4/c18-10-13-9-17(5-6-21-13)16(20)14-7-11-3-1-2-4-12(11)8-15(14)19/h1-4,7-8,13,18-19H,5-6,9-10H2. The molecule has 1 saturated heterocycles. The minimum absolute atomic E-state index is 0.0225. The van der Waals surface area contributed by atoms with E-state index in [1.54, 1.807) is 17.0 Å². The van der Waals surface area contributed by atoms with Gasteiger partial charge in [0, 0.05) is 13.1 Å². The Morgan fingerprint density at radius 3 is 2.71 bits per heavy atom. The molecule has 0 aliphatic carbocycles. The number of rotatable bonds is 2. The lowest BCUT2D eigenvalue weighted by Gasteiger charge is -2.32. The van der Waals surface area contributed by atoms with Crippen molar-refractivity contribution in [2.45, 2.75) is 6.10 Å². The molecule has 21 heavy (non-hydrogen) atoms. The number of morpholine rings is 1. The average molecular weight is 287 g/mol. The highest BCUT2D eigenvalue weighted by Crippen LogP contribution is 2.26. The van der Waals surface area contributed by atoms with Crippen LogP contribution >= 0.6 is 0 Å². The zero-order valence-electron chi connectivity index (χ0n) is 11.5. The molecular weight excluding hydrogens is 270 g/mol. The second-order valence-corrected chi connectivity index (χ2v) is 5.14. The SMILES string of the molecule is O=C(c1cc2ccccc2cc1O)N1CCOC(CO)C1. The van der Waals surface area contributed by atoms with Gasteiger partial charge in [-0.15, -0.1) is 0 Å². The number of phenolic OH excluding ortho intramolecular Hbond substituents is 1. The molecule has 2 aromatic rings. The third-order valence-electron chi connectivity index (χ3n) is 3.72. The predicted molar refractivity (Wildman–Crippen MR) is 78.3 cm³/mol. The minimum atomic E-state index is -0.356. The van der Waals surface area contributed by atoms with Crippen molar-refractivity contribution in [2.24, 2.45) is 0 Å². The average Bonchev–Trinajstić information content (AvgIpc) is 2.53. The molecule has 1 heterocycles. The van der Waals surface area contributed by atoms with Crippen LogP contribution in [-0.4, -0.2) is 53.4 Å². The number of ether oxygens (including phenoxy) is 1. The van der Waals surface area contributed by atoms with E-state index in [2.05, 4.69) is 0 Å². The fourth-order valence-electron chi connectivity index (χ4n) is 2.58. The Morgan fingerprint density at radius 1 is 1.29 bits per heavy atom. The normalized spacial score (nSPS) is 18.9. The lowest BCUT2D eigenvalue weighted by Crippen LogP contribution is -2.46. The molecule has 3 rings (SSSR count). The van der Waals surface area contributed by atoms with Crippen LogP contribution in [0.25, 0.3) is 10.8 Å². The fourth-order valence-corrected chi connectivity index (χ4v) is 2.58. The van der Waals surface area contributed by atoms with Gasteiger partial charge in [0.2, 0.25) is 0 Å². The molecular formula is C16H17NO4. The molecule has 1 fully saturated rings. The van der Waals surface area contributed by atoms with Gasteiger partial charge in [-0.05, 0) is 22.9 Å². The maximum Gasteiger partial charge on any atom is 0.257 e. The van der Waals surface area contributed by atoms with Gasteiger partial charge in [0.15, 0.2) is 0 Å². The largest absolute Gasteiger partial charge is 0.507 e. The van der Waals surface area contributed by atoms with Crippen LogP contribution in [0.1, 0.15) is 10.4 Å². The van der Waals surface area contributed by atoms with Crippen molar-refractivity contribution in [3.8, 4) is 5.75 Å². The zero-order valence-corrected chi connectivity index (χ0v) is 11.5. The van der Waals surface area contributed by atoms with Crippen LogP contribution in [0, 0.1) is 0 Å². The Labute approximate surface area is 122 Å². The van der Waals surface area contributed by atoms with Gasteiger partial charge < -0.3 is 19.8 Å². The minimum Gasteiger partial charge on any atom is -0.507 e. The van der Waals surface area contributed by atoms with Crippen molar-refractivity contribution in [2.75, 3.05) is 26.3 Å². The van der Waals surface area contributed by atoms with Crippen molar-refractivity contribution in [1.82, 2.24) is 4.90 Å². The third-order valence-corrected chi connectivity index (χ3v) is 3.72. The van der Waals surface area contributed by atoms with Crippen molar-refractivity contribution < 1.29 is 19.7 Å². The molecule has 0 bridgehead atoms. The van der Waals surface area contributed by atoms with E-state index >= 15 is 0 Å². The van der Waals surface area contributed by atoms with Crippen LogP contribution in [0.2, 0.25) is 0 Å². The number of fused-ring (bicyclic) bond motifs is 1. The summed E-state index contributed by atoms with van der Waals surface area (Å²) in [6.45, 7) is 1.07. The molecule has 2 aromatic carbocycles. The number of hydrogen-bond acceptors (Lipinski definition) is 4. The van der Waals surface area contributed by atoms with Crippen LogP contribution in [0.3, 0.4) is 0 Å². The molecule has 1 amide bonds. The molecule has 1 aliphatic rings. The first kappa shape index (κ1) is 13.9. The van der Waals surface area contributed by atoms with Gasteiger partial charge in [-0.1, -0.05) is 24.3 Å². The number of aliphatic hydroxyl groups is 1. The molecule has 1 aliphatic heterocycles. The van der Waals surface area contributed by atoms with E-state index in [1.165, 1.54) is 0 Å². The Morgan fingerprint density at radius 2 is 2.00 bits per heavy atom. The number of benzene rings is 2. The molecule has 0 aromatic heterocycles. The van der Waals surface area contributed by atoms with Gasteiger partial charge >= 0.3 is 0 Å². The second kappa shape index (κ2) is 5.71. The Hall–Kier alpha value is -2.11. The van der Waals surface area contributed by atoms with Gasteiger partial charge in [-0.25, -0.2) is 0 Å². The number of nitrogens with zero attached hydrogens (tertiary/aromatic N) is 1. The maximum absolute atomic E-state index is 12.6. The lowest BCUT2D eigenvalue weighted by molar-refractivity contribution is -0.0447. The summed E-state index contributed by atoms with van der Waals surface area (Å²) >= 11 is 0. The summed E-state index contributed by atoms with van der Waals surface area (Å²) in [5.41, 5.74) is 0.285. The smallest absolute Gasteiger partial charge is 0.257 e. The number of aromatic hydroxyl groups is 1. The molecule has 0 saturated carbocycles. The number of amides is 1. The lowest BCUT2D eigenvalue weighted by atomic mass is 10.0. The summed E-state index contributed by atoms with van der Waals surface area (Å²) < 4.78 is 5.34.